The molecule has 0 fully saturated rings. The molecule has 0 unspecified atom stereocenters. The van der Waals surface area contributed by atoms with Gasteiger partial charge in [-0.05, 0) is 24.3 Å². The molecular formula is C16H13BrN4O2. The smallest absolute Gasteiger partial charge is 0.292 e. The van der Waals surface area contributed by atoms with Crippen LogP contribution in [0, 0.1) is 0 Å². The van der Waals surface area contributed by atoms with E-state index in [4.69, 9.17) is 4.74 Å². The average molecular weight is 373 g/mol. The summed E-state index contributed by atoms with van der Waals surface area (Å²) in [7, 11) is 1.58. The minimum absolute atomic E-state index is 0.232. The maximum absolute atomic E-state index is 12.0. The Balaban J connectivity index is 1.97. The number of benzene rings is 2. The number of halogens is 1. The Morgan fingerprint density at radius 1 is 1.04 bits per heavy atom. The quantitative estimate of drug-likeness (QED) is 0.658. The number of H-pyrrole nitrogens is 2. The van der Waals surface area contributed by atoms with Gasteiger partial charge in [0.1, 0.15) is 5.75 Å². The maximum Gasteiger partial charge on any atom is 0.292 e. The summed E-state index contributed by atoms with van der Waals surface area (Å²) in [4.78, 5) is 12.0. The Morgan fingerprint density at radius 2 is 1.83 bits per heavy atom. The van der Waals surface area contributed by atoms with E-state index >= 15 is 0 Å². The molecule has 0 aliphatic carbocycles. The molecule has 0 bridgehead atoms. The Hall–Kier alpha value is -2.67. The maximum atomic E-state index is 12.0. The third-order valence-corrected chi connectivity index (χ3v) is 3.73. The Bertz CT molecular complexity index is 897. The zero-order valence-electron chi connectivity index (χ0n) is 12.2. The van der Waals surface area contributed by atoms with E-state index in [1.54, 1.807) is 19.2 Å². The molecule has 0 aliphatic heterocycles. The van der Waals surface area contributed by atoms with Crippen molar-refractivity contribution in [2.45, 2.75) is 0 Å². The van der Waals surface area contributed by atoms with Gasteiger partial charge in [0.25, 0.3) is 5.56 Å². The van der Waals surface area contributed by atoms with Gasteiger partial charge in [-0.1, -0.05) is 34.1 Å². The minimum Gasteiger partial charge on any atom is -0.497 e. The topological polar surface area (TPSA) is 82.6 Å². The third kappa shape index (κ3) is 3.40. The van der Waals surface area contributed by atoms with E-state index in [2.05, 4.69) is 36.4 Å². The van der Waals surface area contributed by atoms with Gasteiger partial charge >= 0.3 is 0 Å². The van der Waals surface area contributed by atoms with Crippen LogP contribution in [0.15, 0.2) is 68.0 Å². The fourth-order valence-electron chi connectivity index (χ4n) is 2.05. The van der Waals surface area contributed by atoms with Gasteiger partial charge in [0, 0.05) is 16.1 Å². The lowest BCUT2D eigenvalue weighted by Gasteiger charge is -2.00. The Morgan fingerprint density at radius 3 is 2.57 bits per heavy atom. The van der Waals surface area contributed by atoms with Crippen LogP contribution >= 0.6 is 15.9 Å². The van der Waals surface area contributed by atoms with Crippen LogP contribution < -0.4 is 10.3 Å². The summed E-state index contributed by atoms with van der Waals surface area (Å²) < 4.78 is 6.10. The van der Waals surface area contributed by atoms with Gasteiger partial charge in [0.05, 0.1) is 18.5 Å². The molecular weight excluding hydrogens is 360 g/mol. The molecule has 3 rings (SSSR count). The van der Waals surface area contributed by atoms with E-state index in [-0.39, 0.29) is 11.2 Å². The van der Waals surface area contributed by atoms with Crippen LogP contribution in [0.1, 0.15) is 0 Å². The second-order valence-electron chi connectivity index (χ2n) is 4.71. The normalized spacial score (nSPS) is 11.0. The standard InChI is InChI=1S/C16H13BrN4O2/c1-23-13-4-2-3-12(9-13)18-20-15-14(19-21-16(15)22)10-5-7-11(17)8-6-10/h2-9H,1H3,(H2,19,21,22). The van der Waals surface area contributed by atoms with E-state index < -0.39 is 0 Å². The summed E-state index contributed by atoms with van der Waals surface area (Å²) in [6.07, 6.45) is 0. The fraction of sp³-hybridized carbons (Fsp3) is 0.0625. The number of aromatic amines is 2. The van der Waals surface area contributed by atoms with Gasteiger partial charge < -0.3 is 4.74 Å². The fourth-order valence-corrected chi connectivity index (χ4v) is 2.32. The molecule has 23 heavy (non-hydrogen) atoms. The van der Waals surface area contributed by atoms with E-state index in [1.165, 1.54) is 0 Å². The number of aromatic nitrogens is 2. The van der Waals surface area contributed by atoms with Crippen LogP contribution in [0.3, 0.4) is 0 Å². The summed E-state index contributed by atoms with van der Waals surface area (Å²) in [5, 5.41) is 13.6. The Labute approximate surface area is 140 Å². The van der Waals surface area contributed by atoms with E-state index in [9.17, 15) is 4.79 Å². The first-order valence-electron chi connectivity index (χ1n) is 6.80. The number of hydrogen-bond acceptors (Lipinski definition) is 4. The van der Waals surface area contributed by atoms with Gasteiger partial charge in [0.15, 0.2) is 5.69 Å². The van der Waals surface area contributed by atoms with E-state index in [1.807, 2.05) is 36.4 Å². The van der Waals surface area contributed by atoms with Crippen molar-refractivity contribution in [2.24, 2.45) is 10.2 Å². The van der Waals surface area contributed by atoms with Gasteiger partial charge in [-0.15, -0.1) is 5.11 Å². The molecule has 0 spiro atoms. The highest BCUT2D eigenvalue weighted by atomic mass is 79.9. The molecule has 0 amide bonds. The molecule has 116 valence electrons. The third-order valence-electron chi connectivity index (χ3n) is 3.20. The van der Waals surface area contributed by atoms with Crippen LogP contribution in [0.25, 0.3) is 11.3 Å². The summed E-state index contributed by atoms with van der Waals surface area (Å²) >= 11 is 3.38. The predicted molar refractivity (Wildman–Crippen MR) is 91.7 cm³/mol. The largest absolute Gasteiger partial charge is 0.497 e. The molecule has 0 aliphatic rings. The first-order valence-corrected chi connectivity index (χ1v) is 7.59. The summed E-state index contributed by atoms with van der Waals surface area (Å²) in [5.74, 6) is 0.678. The summed E-state index contributed by atoms with van der Waals surface area (Å²) in [6, 6.07) is 14.7. The lowest BCUT2D eigenvalue weighted by atomic mass is 10.1. The van der Waals surface area contributed by atoms with Gasteiger partial charge in [-0.2, -0.15) is 5.11 Å². The lowest BCUT2D eigenvalue weighted by molar-refractivity contribution is 0.415. The number of nitrogens with one attached hydrogen (secondary N) is 2. The van der Waals surface area contributed by atoms with Crippen LogP contribution in [-0.4, -0.2) is 17.3 Å². The molecule has 0 saturated heterocycles. The molecule has 3 aromatic rings. The van der Waals surface area contributed by atoms with Crippen molar-refractivity contribution >= 4 is 27.3 Å². The van der Waals surface area contributed by atoms with Crippen molar-refractivity contribution in [2.75, 3.05) is 7.11 Å². The van der Waals surface area contributed by atoms with Crippen molar-refractivity contribution < 1.29 is 4.74 Å². The van der Waals surface area contributed by atoms with Gasteiger partial charge in [-0.3, -0.25) is 15.0 Å². The van der Waals surface area contributed by atoms with Gasteiger partial charge in [0.2, 0.25) is 0 Å². The van der Waals surface area contributed by atoms with Crippen molar-refractivity contribution in [3.8, 4) is 17.0 Å². The number of rotatable bonds is 4. The lowest BCUT2D eigenvalue weighted by Crippen LogP contribution is -1.96. The highest BCUT2D eigenvalue weighted by Gasteiger charge is 2.11. The molecule has 1 heterocycles. The molecule has 1 aromatic heterocycles. The molecule has 0 radical (unpaired) electrons. The number of azo groups is 1. The summed E-state index contributed by atoms with van der Waals surface area (Å²) in [6.45, 7) is 0. The van der Waals surface area contributed by atoms with Crippen molar-refractivity contribution in [3.63, 3.8) is 0 Å². The summed E-state index contributed by atoms with van der Waals surface area (Å²) in [5.41, 5.74) is 1.94. The molecule has 2 N–H and O–H groups in total. The molecule has 6 nitrogen and oxygen atoms in total. The van der Waals surface area contributed by atoms with Crippen LogP contribution in [0.4, 0.5) is 11.4 Å². The molecule has 2 aromatic carbocycles. The van der Waals surface area contributed by atoms with Crippen molar-refractivity contribution in [1.82, 2.24) is 10.2 Å². The zero-order valence-corrected chi connectivity index (χ0v) is 13.8. The first kappa shape index (κ1) is 15.2. The Kier molecular flexibility index (Phi) is 4.38. The van der Waals surface area contributed by atoms with Crippen molar-refractivity contribution in [1.29, 1.82) is 0 Å². The predicted octanol–water partition coefficient (Wildman–Crippen LogP) is 4.56. The van der Waals surface area contributed by atoms with Crippen molar-refractivity contribution in [3.05, 3.63) is 63.4 Å². The number of nitrogens with zero attached hydrogens (tertiary/aromatic N) is 2. The second kappa shape index (κ2) is 6.62. The molecule has 7 heteroatoms. The highest BCUT2D eigenvalue weighted by molar-refractivity contribution is 9.10. The van der Waals surface area contributed by atoms with Crippen LogP contribution in [0.2, 0.25) is 0 Å². The number of hydrogen-bond donors (Lipinski definition) is 2. The minimum atomic E-state index is -0.324. The number of methoxy groups -OCH3 is 1. The SMILES string of the molecule is COc1cccc(N=Nc2c(-c3ccc(Br)cc3)[nH][nH]c2=O)c1. The van der Waals surface area contributed by atoms with Gasteiger partial charge in [-0.25, -0.2) is 0 Å². The van der Waals surface area contributed by atoms with Crippen LogP contribution in [-0.2, 0) is 0 Å². The highest BCUT2D eigenvalue weighted by Crippen LogP contribution is 2.28. The first-order chi connectivity index (χ1) is 11.2. The van der Waals surface area contributed by atoms with Crippen LogP contribution in [0.5, 0.6) is 5.75 Å². The number of ether oxygens (including phenoxy) is 1. The average Bonchev–Trinajstić information content (AvgIpc) is 2.94. The second-order valence-corrected chi connectivity index (χ2v) is 5.63. The molecule has 0 saturated carbocycles. The molecule has 0 atom stereocenters. The van der Waals surface area contributed by atoms with E-state index in [0.717, 1.165) is 10.0 Å². The zero-order chi connectivity index (χ0) is 16.2. The monoisotopic (exact) mass is 372 g/mol. The van der Waals surface area contributed by atoms with E-state index in [0.29, 0.717) is 17.1 Å².